The number of rotatable bonds is 7. The molecule has 7 nitrogen and oxygen atoms in total. The maximum absolute atomic E-state index is 13.3. The number of halogens is 1. The van der Waals surface area contributed by atoms with Crippen LogP contribution in [0.5, 0.6) is 11.5 Å². The van der Waals surface area contributed by atoms with E-state index in [1.165, 1.54) is 4.90 Å². The molecule has 1 saturated heterocycles. The molecule has 34 heavy (non-hydrogen) atoms. The highest BCUT2D eigenvalue weighted by atomic mass is 79.9. The van der Waals surface area contributed by atoms with Gasteiger partial charge >= 0.3 is 0 Å². The predicted octanol–water partition coefficient (Wildman–Crippen LogP) is 5.27. The van der Waals surface area contributed by atoms with E-state index in [1.807, 2.05) is 19.9 Å². The molecule has 1 amide bonds. The van der Waals surface area contributed by atoms with Gasteiger partial charge in [0.15, 0.2) is 0 Å². The lowest BCUT2D eigenvalue weighted by atomic mass is 9.95. The van der Waals surface area contributed by atoms with Crippen LogP contribution in [0.25, 0.3) is 5.76 Å². The lowest BCUT2D eigenvalue weighted by Gasteiger charge is -2.25. The molecule has 1 aromatic heterocycles. The fourth-order valence-electron chi connectivity index (χ4n) is 3.96. The van der Waals surface area contributed by atoms with Gasteiger partial charge in [-0.15, -0.1) is 0 Å². The Balaban J connectivity index is 1.93. The molecule has 3 aromatic rings. The van der Waals surface area contributed by atoms with E-state index < -0.39 is 17.7 Å². The summed E-state index contributed by atoms with van der Waals surface area (Å²) in [6, 6.07) is 14.7. The first-order valence-electron chi connectivity index (χ1n) is 10.8. The average molecular weight is 523 g/mol. The number of aliphatic hydroxyl groups is 1. The van der Waals surface area contributed by atoms with Crippen molar-refractivity contribution >= 4 is 39.1 Å². The summed E-state index contributed by atoms with van der Waals surface area (Å²) < 4.78 is 12.0. The summed E-state index contributed by atoms with van der Waals surface area (Å²) in [5.74, 6) is -0.902. The van der Waals surface area contributed by atoms with Crippen molar-refractivity contribution in [3.63, 3.8) is 0 Å². The quantitative estimate of drug-likeness (QED) is 0.258. The Morgan fingerprint density at radius 1 is 1.03 bits per heavy atom. The highest BCUT2D eigenvalue weighted by molar-refractivity contribution is 9.10. The van der Waals surface area contributed by atoms with Gasteiger partial charge in [0.2, 0.25) is 0 Å². The minimum Gasteiger partial charge on any atom is -0.507 e. The summed E-state index contributed by atoms with van der Waals surface area (Å²) >= 11 is 3.42. The highest BCUT2D eigenvalue weighted by Gasteiger charge is 2.47. The largest absolute Gasteiger partial charge is 0.507 e. The van der Waals surface area contributed by atoms with Gasteiger partial charge in [-0.25, -0.2) is 0 Å². The smallest absolute Gasteiger partial charge is 0.300 e. The Hall–Kier alpha value is -3.65. The molecule has 2 aromatic carbocycles. The molecule has 1 atom stereocenters. The average Bonchev–Trinajstić information content (AvgIpc) is 3.10. The van der Waals surface area contributed by atoms with Crippen LogP contribution in [0.1, 0.15) is 31.0 Å². The zero-order chi connectivity index (χ0) is 24.2. The number of carbonyl (C=O) groups is 2. The second kappa shape index (κ2) is 10.1. The van der Waals surface area contributed by atoms with Crippen molar-refractivity contribution in [2.45, 2.75) is 19.9 Å². The maximum Gasteiger partial charge on any atom is 0.300 e. The molecule has 0 saturated carbocycles. The van der Waals surface area contributed by atoms with Gasteiger partial charge in [-0.3, -0.25) is 19.5 Å². The third kappa shape index (κ3) is 4.41. The number of aliphatic hydroxyl groups excluding tert-OH is 1. The van der Waals surface area contributed by atoms with Gasteiger partial charge in [0.05, 0.1) is 30.4 Å². The molecule has 1 aliphatic rings. The van der Waals surface area contributed by atoms with E-state index in [4.69, 9.17) is 9.47 Å². The zero-order valence-electron chi connectivity index (χ0n) is 18.7. The molecule has 0 aliphatic carbocycles. The van der Waals surface area contributed by atoms with Crippen LogP contribution < -0.4 is 14.4 Å². The molecule has 1 aliphatic heterocycles. The molecule has 174 valence electrons. The number of Topliss-reactive ketones (excluding diaryl/α,β-unsaturated/α-hetero) is 1. The minimum absolute atomic E-state index is 0.0266. The van der Waals surface area contributed by atoms with Crippen molar-refractivity contribution in [3.8, 4) is 11.5 Å². The van der Waals surface area contributed by atoms with Crippen LogP contribution in [0.4, 0.5) is 5.69 Å². The number of ether oxygens (including phenoxy) is 2. The number of hydrogen-bond donors (Lipinski definition) is 1. The molecular formula is C26H23BrN2O5. The van der Waals surface area contributed by atoms with Crippen LogP contribution in [0.2, 0.25) is 0 Å². The van der Waals surface area contributed by atoms with Crippen LogP contribution in [0.3, 0.4) is 0 Å². The van der Waals surface area contributed by atoms with Crippen LogP contribution in [0.15, 0.2) is 77.0 Å². The van der Waals surface area contributed by atoms with Crippen molar-refractivity contribution in [1.29, 1.82) is 0 Å². The Morgan fingerprint density at radius 3 is 2.44 bits per heavy atom. The Bertz CT molecular complexity index is 1260. The van der Waals surface area contributed by atoms with Crippen LogP contribution in [-0.2, 0) is 9.59 Å². The molecule has 8 heteroatoms. The van der Waals surface area contributed by atoms with Crippen LogP contribution in [0, 0.1) is 0 Å². The first-order chi connectivity index (χ1) is 16.5. The maximum atomic E-state index is 13.3. The predicted molar refractivity (Wildman–Crippen MR) is 132 cm³/mol. The van der Waals surface area contributed by atoms with Crippen molar-refractivity contribution in [2.75, 3.05) is 18.1 Å². The van der Waals surface area contributed by atoms with Gasteiger partial charge < -0.3 is 14.6 Å². The minimum atomic E-state index is -0.849. The van der Waals surface area contributed by atoms with Gasteiger partial charge in [0, 0.05) is 28.6 Å². The Morgan fingerprint density at radius 2 is 1.76 bits per heavy atom. The molecule has 2 heterocycles. The third-order valence-corrected chi connectivity index (χ3v) is 5.86. The third-order valence-electron chi connectivity index (χ3n) is 5.37. The van der Waals surface area contributed by atoms with E-state index in [9.17, 15) is 14.7 Å². The fraction of sp³-hybridized carbons (Fsp3) is 0.192. The molecule has 0 bridgehead atoms. The molecule has 1 unspecified atom stereocenters. The van der Waals surface area contributed by atoms with Crippen molar-refractivity contribution < 1.29 is 24.2 Å². The number of amides is 1. The van der Waals surface area contributed by atoms with Crippen molar-refractivity contribution in [3.05, 3.63) is 88.2 Å². The van der Waals surface area contributed by atoms with E-state index in [1.54, 1.807) is 60.9 Å². The van der Waals surface area contributed by atoms with E-state index in [0.717, 1.165) is 4.47 Å². The number of pyridine rings is 1. The molecule has 0 radical (unpaired) electrons. The lowest BCUT2D eigenvalue weighted by molar-refractivity contribution is -0.132. The van der Waals surface area contributed by atoms with E-state index in [2.05, 4.69) is 20.9 Å². The van der Waals surface area contributed by atoms with Gasteiger partial charge in [-0.05, 0) is 61.9 Å². The van der Waals surface area contributed by atoms with Gasteiger partial charge in [-0.2, -0.15) is 0 Å². The summed E-state index contributed by atoms with van der Waals surface area (Å²) in [5.41, 5.74) is 1.44. The SMILES string of the molecule is CCOc1ccc(/C(O)=C2/C(=O)C(=O)N(c3cccc(Br)c3)C2c2ccncc2)c(OCC)c1. The Kier molecular flexibility index (Phi) is 6.98. The van der Waals surface area contributed by atoms with Crippen LogP contribution in [-0.4, -0.2) is 35.0 Å². The summed E-state index contributed by atoms with van der Waals surface area (Å²) in [7, 11) is 0. The van der Waals surface area contributed by atoms with E-state index in [0.29, 0.717) is 41.5 Å². The number of hydrogen-bond acceptors (Lipinski definition) is 6. The molecule has 0 spiro atoms. The number of aromatic nitrogens is 1. The number of anilines is 1. The molecule has 1 fully saturated rings. The first kappa shape index (κ1) is 23.5. The molecule has 4 rings (SSSR count). The number of ketones is 1. The van der Waals surface area contributed by atoms with Gasteiger partial charge in [-0.1, -0.05) is 22.0 Å². The molecule has 1 N–H and O–H groups in total. The summed E-state index contributed by atoms with van der Waals surface area (Å²) in [4.78, 5) is 32.0. The number of benzene rings is 2. The fourth-order valence-corrected chi connectivity index (χ4v) is 4.35. The van der Waals surface area contributed by atoms with Gasteiger partial charge in [0.25, 0.3) is 11.7 Å². The normalized spacial score (nSPS) is 17.1. The van der Waals surface area contributed by atoms with E-state index >= 15 is 0 Å². The molecular weight excluding hydrogens is 500 g/mol. The standard InChI is InChI=1S/C26H23BrN2O5/c1-3-33-19-8-9-20(21(15-19)34-4-2)24(30)22-23(16-10-12-28-13-11-16)29(26(32)25(22)31)18-7-5-6-17(27)14-18/h5-15,23,30H,3-4H2,1-2H3/b24-22-. The summed E-state index contributed by atoms with van der Waals surface area (Å²) in [6.07, 6.45) is 3.16. The van der Waals surface area contributed by atoms with E-state index in [-0.39, 0.29) is 11.3 Å². The van der Waals surface area contributed by atoms with Crippen molar-refractivity contribution in [1.82, 2.24) is 4.98 Å². The zero-order valence-corrected chi connectivity index (χ0v) is 20.3. The number of carbonyl (C=O) groups excluding carboxylic acids is 2. The first-order valence-corrected chi connectivity index (χ1v) is 11.6. The number of nitrogens with zero attached hydrogens (tertiary/aromatic N) is 2. The topological polar surface area (TPSA) is 89.0 Å². The lowest BCUT2D eigenvalue weighted by Crippen LogP contribution is -2.29. The van der Waals surface area contributed by atoms with Gasteiger partial charge in [0.1, 0.15) is 17.3 Å². The van der Waals surface area contributed by atoms with Crippen molar-refractivity contribution in [2.24, 2.45) is 0 Å². The second-order valence-corrected chi connectivity index (χ2v) is 8.37. The Labute approximate surface area is 205 Å². The second-order valence-electron chi connectivity index (χ2n) is 7.45. The summed E-state index contributed by atoms with van der Waals surface area (Å²) in [5, 5.41) is 11.4. The van der Waals surface area contributed by atoms with Crippen LogP contribution >= 0.6 is 15.9 Å². The monoisotopic (exact) mass is 522 g/mol. The summed E-state index contributed by atoms with van der Waals surface area (Å²) in [6.45, 7) is 4.50. The highest BCUT2D eigenvalue weighted by Crippen LogP contribution is 2.44.